The van der Waals surface area contributed by atoms with Crippen LogP contribution >= 0.6 is 0 Å². The summed E-state index contributed by atoms with van der Waals surface area (Å²) in [6.45, 7) is 9.85. The lowest BCUT2D eigenvalue weighted by molar-refractivity contribution is -0.136. The Morgan fingerprint density at radius 3 is 2.37 bits per heavy atom. The molecule has 9 nitrogen and oxygen atoms in total. The number of amides is 1. The summed E-state index contributed by atoms with van der Waals surface area (Å²) in [6, 6.07) is 5.01. The summed E-state index contributed by atoms with van der Waals surface area (Å²) >= 11 is 0. The molecule has 1 amide bonds. The maximum absolute atomic E-state index is 13.5. The second kappa shape index (κ2) is 10.5. The zero-order valence-electron chi connectivity index (χ0n) is 18.2. The highest BCUT2D eigenvalue weighted by Gasteiger charge is 2.42. The van der Waals surface area contributed by atoms with Gasteiger partial charge in [-0.1, -0.05) is 20.8 Å². The van der Waals surface area contributed by atoms with Gasteiger partial charge in [0.15, 0.2) is 0 Å². The molecule has 2 rings (SSSR count). The van der Waals surface area contributed by atoms with E-state index in [1.165, 1.54) is 23.5 Å². The third-order valence-corrected chi connectivity index (χ3v) is 7.07. The SMILES string of the molecule is COc1ccc(S(=O)(=O)N(CCCN2CCNCC2)[C@@H](C(=O)NO)C(C)(C)C)cc1. The molecule has 0 aliphatic carbocycles. The van der Waals surface area contributed by atoms with E-state index < -0.39 is 27.4 Å². The third kappa shape index (κ3) is 6.14. The van der Waals surface area contributed by atoms with Gasteiger partial charge in [-0.2, -0.15) is 4.31 Å². The van der Waals surface area contributed by atoms with Crippen molar-refractivity contribution in [2.45, 2.75) is 38.1 Å². The van der Waals surface area contributed by atoms with Crippen LogP contribution in [-0.2, 0) is 14.8 Å². The summed E-state index contributed by atoms with van der Waals surface area (Å²) in [6.07, 6.45) is 0.570. The molecule has 30 heavy (non-hydrogen) atoms. The molecule has 0 bridgehead atoms. The van der Waals surface area contributed by atoms with Crippen molar-refractivity contribution in [2.24, 2.45) is 5.41 Å². The molecule has 0 aromatic heterocycles. The quantitative estimate of drug-likeness (QED) is 0.385. The number of rotatable bonds is 9. The van der Waals surface area contributed by atoms with Crippen LogP contribution in [0.2, 0.25) is 0 Å². The van der Waals surface area contributed by atoms with Gasteiger partial charge in [0.05, 0.1) is 12.0 Å². The Morgan fingerprint density at radius 1 is 1.27 bits per heavy atom. The number of carbonyl (C=O) groups excluding carboxylic acids is 1. The minimum absolute atomic E-state index is 0.0745. The van der Waals surface area contributed by atoms with E-state index in [4.69, 9.17) is 4.74 Å². The van der Waals surface area contributed by atoms with Crippen molar-refractivity contribution in [3.63, 3.8) is 0 Å². The fraction of sp³-hybridized carbons (Fsp3) is 0.650. The molecule has 0 spiro atoms. The second-order valence-corrected chi connectivity index (χ2v) is 10.4. The van der Waals surface area contributed by atoms with Gasteiger partial charge in [0.25, 0.3) is 5.91 Å². The minimum atomic E-state index is -3.99. The van der Waals surface area contributed by atoms with E-state index in [0.29, 0.717) is 12.2 Å². The van der Waals surface area contributed by atoms with E-state index >= 15 is 0 Å². The van der Waals surface area contributed by atoms with E-state index in [2.05, 4.69) is 10.2 Å². The Bertz CT molecular complexity index is 786. The smallest absolute Gasteiger partial charge is 0.262 e. The number of nitrogens with zero attached hydrogens (tertiary/aromatic N) is 2. The number of hydrogen-bond donors (Lipinski definition) is 3. The first kappa shape index (κ1) is 24.5. The van der Waals surface area contributed by atoms with Gasteiger partial charge in [0, 0.05) is 32.7 Å². The number of sulfonamides is 1. The van der Waals surface area contributed by atoms with Crippen LogP contribution < -0.4 is 15.5 Å². The monoisotopic (exact) mass is 442 g/mol. The molecule has 0 radical (unpaired) electrons. The predicted molar refractivity (Wildman–Crippen MR) is 114 cm³/mol. The van der Waals surface area contributed by atoms with Crippen LogP contribution in [0.4, 0.5) is 0 Å². The van der Waals surface area contributed by atoms with Gasteiger partial charge in [0.2, 0.25) is 10.0 Å². The number of hydroxylamine groups is 1. The Labute approximate surface area is 179 Å². The van der Waals surface area contributed by atoms with E-state index in [1.54, 1.807) is 38.4 Å². The number of hydrogen-bond acceptors (Lipinski definition) is 7. The molecule has 0 saturated carbocycles. The number of nitrogens with one attached hydrogen (secondary N) is 2. The van der Waals surface area contributed by atoms with Gasteiger partial charge in [-0.05, 0) is 42.6 Å². The van der Waals surface area contributed by atoms with E-state index in [-0.39, 0.29) is 11.4 Å². The molecule has 170 valence electrons. The fourth-order valence-electron chi connectivity index (χ4n) is 3.67. The van der Waals surface area contributed by atoms with Gasteiger partial charge < -0.3 is 15.0 Å². The number of benzene rings is 1. The fourth-order valence-corrected chi connectivity index (χ4v) is 5.48. The highest BCUT2D eigenvalue weighted by molar-refractivity contribution is 7.89. The number of carbonyl (C=O) groups is 1. The van der Waals surface area contributed by atoms with Crippen LogP contribution in [-0.4, -0.2) is 81.2 Å². The van der Waals surface area contributed by atoms with Gasteiger partial charge >= 0.3 is 0 Å². The van der Waals surface area contributed by atoms with Crippen molar-refractivity contribution >= 4 is 15.9 Å². The molecule has 1 aromatic carbocycles. The summed E-state index contributed by atoms with van der Waals surface area (Å²) in [4.78, 5) is 14.9. The van der Waals surface area contributed by atoms with Crippen molar-refractivity contribution in [3.8, 4) is 5.75 Å². The zero-order chi connectivity index (χ0) is 22.4. The Morgan fingerprint density at radius 2 is 1.87 bits per heavy atom. The third-order valence-electron chi connectivity index (χ3n) is 5.20. The maximum atomic E-state index is 13.5. The lowest BCUT2D eigenvalue weighted by atomic mass is 9.86. The van der Waals surface area contributed by atoms with Crippen LogP contribution in [0.1, 0.15) is 27.2 Å². The molecule has 1 fully saturated rings. The topological polar surface area (TPSA) is 111 Å². The van der Waals surface area contributed by atoms with Crippen LogP contribution in [0.15, 0.2) is 29.2 Å². The largest absolute Gasteiger partial charge is 0.497 e. The molecule has 1 aliphatic heterocycles. The Hall–Kier alpha value is -1.72. The highest BCUT2D eigenvalue weighted by atomic mass is 32.2. The summed E-state index contributed by atoms with van der Waals surface area (Å²) in [5.74, 6) is -0.207. The zero-order valence-corrected chi connectivity index (χ0v) is 19.0. The lowest BCUT2D eigenvalue weighted by Crippen LogP contribution is -2.55. The first-order valence-electron chi connectivity index (χ1n) is 10.1. The molecular weight excluding hydrogens is 408 g/mol. The standard InChI is InChI=1S/C20H34N4O5S/c1-20(2,3)18(19(25)22-26)24(13-5-12-23-14-10-21-11-15-23)30(27,28)17-8-6-16(29-4)7-9-17/h6-9,18,21,26H,5,10-15H2,1-4H3,(H,22,25)/t18-/m0/s1. The van der Waals surface area contributed by atoms with Crippen LogP contribution in [0.5, 0.6) is 5.75 Å². The first-order chi connectivity index (χ1) is 14.1. The normalized spacial score (nSPS) is 17.0. The minimum Gasteiger partial charge on any atom is -0.497 e. The van der Waals surface area contributed by atoms with Gasteiger partial charge in [0.1, 0.15) is 11.8 Å². The van der Waals surface area contributed by atoms with E-state index in [9.17, 15) is 18.4 Å². The van der Waals surface area contributed by atoms with E-state index in [1.807, 2.05) is 0 Å². The molecule has 10 heteroatoms. The molecule has 1 saturated heterocycles. The average Bonchev–Trinajstić information content (AvgIpc) is 2.72. The van der Waals surface area contributed by atoms with Crippen molar-refractivity contribution in [2.75, 3.05) is 46.4 Å². The van der Waals surface area contributed by atoms with Crippen molar-refractivity contribution < 1.29 is 23.2 Å². The van der Waals surface area contributed by atoms with Gasteiger partial charge in [-0.25, -0.2) is 13.9 Å². The molecule has 1 heterocycles. The molecule has 1 aromatic rings. The van der Waals surface area contributed by atoms with Crippen LogP contribution in [0.25, 0.3) is 0 Å². The summed E-state index contributed by atoms with van der Waals surface area (Å²) in [7, 11) is -2.48. The van der Waals surface area contributed by atoms with Crippen molar-refractivity contribution in [1.29, 1.82) is 0 Å². The number of piperazine rings is 1. The Kier molecular flexibility index (Phi) is 8.62. The molecule has 3 N–H and O–H groups in total. The molecular formula is C20H34N4O5S. The second-order valence-electron chi connectivity index (χ2n) is 8.48. The first-order valence-corrected chi connectivity index (χ1v) is 11.6. The molecule has 1 aliphatic rings. The number of methoxy groups -OCH3 is 1. The molecule has 0 unspecified atom stereocenters. The summed E-state index contributed by atoms with van der Waals surface area (Å²) in [5.41, 5.74) is 0.915. The lowest BCUT2D eigenvalue weighted by Gasteiger charge is -2.38. The predicted octanol–water partition coefficient (Wildman–Crippen LogP) is 0.901. The molecule has 1 atom stereocenters. The van der Waals surface area contributed by atoms with E-state index in [0.717, 1.165) is 32.7 Å². The summed E-state index contributed by atoms with van der Waals surface area (Å²) in [5, 5.41) is 12.6. The van der Waals surface area contributed by atoms with Crippen LogP contribution in [0.3, 0.4) is 0 Å². The average molecular weight is 443 g/mol. The van der Waals surface area contributed by atoms with Gasteiger partial charge in [-0.3, -0.25) is 10.0 Å². The summed E-state index contributed by atoms with van der Waals surface area (Å²) < 4.78 is 33.4. The maximum Gasteiger partial charge on any atom is 0.262 e. The van der Waals surface area contributed by atoms with Crippen molar-refractivity contribution in [1.82, 2.24) is 20.0 Å². The highest BCUT2D eigenvalue weighted by Crippen LogP contribution is 2.30. The Balaban J connectivity index is 2.33. The van der Waals surface area contributed by atoms with Crippen LogP contribution in [0, 0.1) is 5.41 Å². The van der Waals surface area contributed by atoms with Crippen molar-refractivity contribution in [3.05, 3.63) is 24.3 Å². The van der Waals surface area contributed by atoms with Gasteiger partial charge in [-0.15, -0.1) is 0 Å². The number of ether oxygens (including phenoxy) is 1.